The molecule has 2 fully saturated rings. The van der Waals surface area contributed by atoms with E-state index in [0.717, 1.165) is 29.4 Å². The number of rotatable bonds is 6. The molecule has 28 heavy (non-hydrogen) atoms. The Labute approximate surface area is 173 Å². The zero-order chi connectivity index (χ0) is 19.5. The minimum absolute atomic E-state index is 0.00184. The third-order valence-electron chi connectivity index (χ3n) is 5.90. The van der Waals surface area contributed by atoms with Crippen LogP contribution < -0.4 is 16.0 Å². The molecule has 1 aliphatic carbocycles. The van der Waals surface area contributed by atoms with Crippen LogP contribution in [-0.4, -0.2) is 41.1 Å². The molecule has 3 unspecified atom stereocenters. The van der Waals surface area contributed by atoms with Gasteiger partial charge in [-0.15, -0.1) is 0 Å². The SMILES string of the molecule is O=C(CCC1NC2CCCCC2NC1=O)NCCn1ccc2ccc(Br)cc21. The number of aromatic nitrogens is 1. The fourth-order valence-electron chi connectivity index (χ4n) is 4.37. The third kappa shape index (κ3) is 4.41. The van der Waals surface area contributed by atoms with E-state index in [9.17, 15) is 9.59 Å². The van der Waals surface area contributed by atoms with Crippen molar-refractivity contribution in [3.8, 4) is 0 Å². The van der Waals surface area contributed by atoms with Crippen LogP contribution in [-0.2, 0) is 16.1 Å². The molecule has 2 aromatic rings. The standard InChI is InChI=1S/C21H27BrN4O2/c22-15-6-5-14-9-11-26(19(14)13-15)12-10-23-20(27)8-7-18-21(28)25-17-4-2-1-3-16(17)24-18/h5-6,9,11,13,16-18,24H,1-4,7-8,10,12H2,(H,23,27)(H,25,28). The minimum Gasteiger partial charge on any atom is -0.354 e. The van der Waals surface area contributed by atoms with Gasteiger partial charge in [-0.25, -0.2) is 0 Å². The molecule has 3 N–H and O–H groups in total. The summed E-state index contributed by atoms with van der Waals surface area (Å²) in [4.78, 5) is 24.5. The predicted octanol–water partition coefficient (Wildman–Crippen LogP) is 2.70. The van der Waals surface area contributed by atoms with Crippen LogP contribution >= 0.6 is 15.9 Å². The molecule has 0 radical (unpaired) electrons. The van der Waals surface area contributed by atoms with Crippen molar-refractivity contribution in [3.05, 3.63) is 34.9 Å². The number of fused-ring (bicyclic) bond motifs is 2. The lowest BCUT2D eigenvalue weighted by Crippen LogP contribution is -2.64. The second-order valence-electron chi connectivity index (χ2n) is 7.83. The highest BCUT2D eigenvalue weighted by atomic mass is 79.9. The van der Waals surface area contributed by atoms with E-state index in [0.29, 0.717) is 25.4 Å². The molecule has 2 aliphatic rings. The van der Waals surface area contributed by atoms with Crippen LogP contribution in [0.2, 0.25) is 0 Å². The number of hydrogen-bond donors (Lipinski definition) is 3. The first-order valence-corrected chi connectivity index (χ1v) is 11.0. The van der Waals surface area contributed by atoms with Gasteiger partial charge in [0.15, 0.2) is 0 Å². The highest BCUT2D eigenvalue weighted by Crippen LogP contribution is 2.23. The number of carbonyl (C=O) groups excluding carboxylic acids is 2. The van der Waals surface area contributed by atoms with Gasteiger partial charge in [-0.3, -0.25) is 9.59 Å². The van der Waals surface area contributed by atoms with E-state index in [1.54, 1.807) is 0 Å². The van der Waals surface area contributed by atoms with E-state index in [1.165, 1.54) is 18.2 Å². The molecular weight excluding hydrogens is 420 g/mol. The molecule has 2 heterocycles. The smallest absolute Gasteiger partial charge is 0.237 e. The number of amides is 2. The van der Waals surface area contributed by atoms with Gasteiger partial charge in [0.05, 0.1) is 6.04 Å². The second-order valence-corrected chi connectivity index (χ2v) is 8.74. The van der Waals surface area contributed by atoms with E-state index in [1.807, 2.05) is 12.3 Å². The number of halogens is 1. The van der Waals surface area contributed by atoms with E-state index in [-0.39, 0.29) is 23.9 Å². The quantitative estimate of drug-likeness (QED) is 0.638. The molecule has 1 aromatic heterocycles. The fraction of sp³-hybridized carbons (Fsp3) is 0.524. The first-order valence-electron chi connectivity index (χ1n) is 10.2. The van der Waals surface area contributed by atoms with Crippen molar-refractivity contribution in [2.75, 3.05) is 6.54 Å². The van der Waals surface area contributed by atoms with Gasteiger partial charge in [0.25, 0.3) is 0 Å². The van der Waals surface area contributed by atoms with E-state index < -0.39 is 0 Å². The second kappa shape index (κ2) is 8.66. The molecule has 6 nitrogen and oxygen atoms in total. The molecule has 0 bridgehead atoms. The molecule has 1 aliphatic heterocycles. The molecular formula is C21H27BrN4O2. The zero-order valence-corrected chi connectivity index (χ0v) is 17.5. The number of hydrogen-bond acceptors (Lipinski definition) is 3. The highest BCUT2D eigenvalue weighted by molar-refractivity contribution is 9.10. The van der Waals surface area contributed by atoms with Gasteiger partial charge in [0, 0.05) is 47.8 Å². The minimum atomic E-state index is -0.254. The van der Waals surface area contributed by atoms with Crippen molar-refractivity contribution < 1.29 is 9.59 Å². The van der Waals surface area contributed by atoms with Crippen molar-refractivity contribution >= 4 is 38.6 Å². The van der Waals surface area contributed by atoms with E-state index in [2.05, 4.69) is 54.6 Å². The Kier molecular flexibility index (Phi) is 6.01. The lowest BCUT2D eigenvalue weighted by molar-refractivity contribution is -0.127. The molecule has 3 atom stereocenters. The number of piperazine rings is 1. The lowest BCUT2D eigenvalue weighted by Gasteiger charge is -2.40. The van der Waals surface area contributed by atoms with Gasteiger partial charge in [-0.2, -0.15) is 0 Å². The molecule has 1 saturated carbocycles. The summed E-state index contributed by atoms with van der Waals surface area (Å²) < 4.78 is 3.18. The Morgan fingerprint density at radius 2 is 2.04 bits per heavy atom. The topological polar surface area (TPSA) is 75.2 Å². The van der Waals surface area contributed by atoms with Crippen LogP contribution in [0.4, 0.5) is 0 Å². The maximum atomic E-state index is 12.3. The van der Waals surface area contributed by atoms with Crippen LogP contribution in [0.25, 0.3) is 10.9 Å². The van der Waals surface area contributed by atoms with Crippen molar-refractivity contribution in [2.24, 2.45) is 0 Å². The first-order chi connectivity index (χ1) is 13.6. The summed E-state index contributed by atoms with van der Waals surface area (Å²) in [5.41, 5.74) is 1.15. The van der Waals surface area contributed by atoms with Crippen molar-refractivity contribution in [3.63, 3.8) is 0 Å². The summed E-state index contributed by atoms with van der Waals surface area (Å²) in [7, 11) is 0. The number of benzene rings is 1. The average Bonchev–Trinajstić information content (AvgIpc) is 3.08. The largest absolute Gasteiger partial charge is 0.354 e. The Hall–Kier alpha value is -1.86. The summed E-state index contributed by atoms with van der Waals surface area (Å²) in [5.74, 6) is 0.0401. The van der Waals surface area contributed by atoms with Gasteiger partial charge >= 0.3 is 0 Å². The number of nitrogens with zero attached hydrogens (tertiary/aromatic N) is 1. The summed E-state index contributed by atoms with van der Waals surface area (Å²) in [6.07, 6.45) is 7.50. The molecule has 1 saturated heterocycles. The number of carbonyl (C=O) groups is 2. The first kappa shape index (κ1) is 19.5. The van der Waals surface area contributed by atoms with E-state index >= 15 is 0 Å². The van der Waals surface area contributed by atoms with Crippen molar-refractivity contribution in [2.45, 2.75) is 63.2 Å². The van der Waals surface area contributed by atoms with Gasteiger partial charge in [0.1, 0.15) is 0 Å². The summed E-state index contributed by atoms with van der Waals surface area (Å²) in [6.45, 7) is 1.29. The normalized spacial score (nSPS) is 24.6. The molecule has 0 spiro atoms. The average molecular weight is 447 g/mol. The third-order valence-corrected chi connectivity index (χ3v) is 6.39. The molecule has 2 amide bonds. The van der Waals surface area contributed by atoms with Crippen LogP contribution in [0.15, 0.2) is 34.9 Å². The van der Waals surface area contributed by atoms with Crippen LogP contribution in [0.1, 0.15) is 38.5 Å². The summed E-state index contributed by atoms with van der Waals surface area (Å²) in [6, 6.07) is 8.64. The summed E-state index contributed by atoms with van der Waals surface area (Å²) in [5, 5.41) is 10.8. The van der Waals surface area contributed by atoms with Gasteiger partial charge in [0.2, 0.25) is 11.8 Å². The van der Waals surface area contributed by atoms with E-state index in [4.69, 9.17) is 0 Å². The molecule has 4 rings (SSSR count). The number of nitrogens with one attached hydrogen (secondary N) is 3. The van der Waals surface area contributed by atoms with Gasteiger partial charge in [-0.05, 0) is 42.8 Å². The Balaban J connectivity index is 1.22. The lowest BCUT2D eigenvalue weighted by atomic mass is 9.87. The maximum Gasteiger partial charge on any atom is 0.237 e. The Bertz CT molecular complexity index is 865. The van der Waals surface area contributed by atoms with Crippen LogP contribution in [0.5, 0.6) is 0 Å². The highest BCUT2D eigenvalue weighted by Gasteiger charge is 2.35. The van der Waals surface area contributed by atoms with Crippen molar-refractivity contribution in [1.82, 2.24) is 20.5 Å². The fourth-order valence-corrected chi connectivity index (χ4v) is 4.72. The van der Waals surface area contributed by atoms with Crippen molar-refractivity contribution in [1.29, 1.82) is 0 Å². The Morgan fingerprint density at radius 1 is 1.21 bits per heavy atom. The van der Waals surface area contributed by atoms with Crippen LogP contribution in [0.3, 0.4) is 0 Å². The van der Waals surface area contributed by atoms with Gasteiger partial charge < -0.3 is 20.5 Å². The molecule has 1 aromatic carbocycles. The predicted molar refractivity (Wildman–Crippen MR) is 113 cm³/mol. The Morgan fingerprint density at radius 3 is 2.89 bits per heavy atom. The monoisotopic (exact) mass is 446 g/mol. The summed E-state index contributed by atoms with van der Waals surface area (Å²) >= 11 is 3.51. The van der Waals surface area contributed by atoms with Gasteiger partial charge in [-0.1, -0.05) is 34.8 Å². The van der Waals surface area contributed by atoms with Crippen LogP contribution in [0, 0.1) is 0 Å². The zero-order valence-electron chi connectivity index (χ0n) is 15.9. The molecule has 150 valence electrons. The maximum absolute atomic E-state index is 12.3. The molecule has 7 heteroatoms.